The van der Waals surface area contributed by atoms with Crippen LogP contribution >= 0.6 is 11.6 Å². The van der Waals surface area contributed by atoms with Gasteiger partial charge in [0, 0.05) is 49.3 Å². The maximum Gasteiger partial charge on any atom is 0.255 e. The van der Waals surface area contributed by atoms with Gasteiger partial charge in [-0.3, -0.25) is 24.5 Å². The number of halogens is 1. The first kappa shape index (κ1) is 44.0. The van der Waals surface area contributed by atoms with Crippen LogP contribution in [-0.2, 0) is 35.1 Å². The zero-order chi connectivity index (χ0) is 42.1. The van der Waals surface area contributed by atoms with Crippen LogP contribution in [0.2, 0.25) is 0 Å². The second-order valence-corrected chi connectivity index (χ2v) is 14.8. The summed E-state index contributed by atoms with van der Waals surface area (Å²) in [5.74, 6) is 0.269. The number of allylic oxidation sites excluding steroid dienone is 1. The Kier molecular flexibility index (Phi) is 16.7. The predicted octanol–water partition coefficient (Wildman–Crippen LogP) is 6.42. The van der Waals surface area contributed by atoms with E-state index in [1.165, 1.54) is 10.5 Å². The lowest BCUT2D eigenvalue weighted by molar-refractivity contribution is -0.137. The van der Waals surface area contributed by atoms with Crippen molar-refractivity contribution in [1.82, 2.24) is 15.1 Å². The third-order valence-corrected chi connectivity index (χ3v) is 10.6. The fraction of sp³-hybridized carbons (Fsp3) is 0.362. The Labute approximate surface area is 356 Å². The molecule has 0 radical (unpaired) electrons. The highest BCUT2D eigenvalue weighted by atomic mass is 35.5. The van der Waals surface area contributed by atoms with Gasteiger partial charge in [-0.2, -0.15) is 0 Å². The van der Waals surface area contributed by atoms with Gasteiger partial charge < -0.3 is 34.1 Å². The fourth-order valence-electron chi connectivity index (χ4n) is 7.31. The molecule has 2 N–H and O–H groups in total. The molecule has 0 aromatic heterocycles. The van der Waals surface area contributed by atoms with Crippen molar-refractivity contribution in [2.75, 3.05) is 77.6 Å². The van der Waals surface area contributed by atoms with Crippen LogP contribution in [0.15, 0.2) is 103 Å². The summed E-state index contributed by atoms with van der Waals surface area (Å²) in [4.78, 5) is 52.8. The minimum atomic E-state index is -0.651. The molecular weight excluding hydrogens is 784 g/mol. The van der Waals surface area contributed by atoms with E-state index in [0.717, 1.165) is 45.7 Å². The monoisotopic (exact) mass is 836 g/mol. The van der Waals surface area contributed by atoms with Crippen molar-refractivity contribution in [3.05, 3.63) is 131 Å². The molecule has 0 aliphatic carbocycles. The number of ether oxygens (including phenoxy) is 4. The molecule has 1 fully saturated rings. The molecule has 60 heavy (non-hydrogen) atoms. The quantitative estimate of drug-likeness (QED) is 0.0376. The first-order chi connectivity index (χ1) is 29.3. The fourth-order valence-corrected chi connectivity index (χ4v) is 7.50. The smallest absolute Gasteiger partial charge is 0.255 e. The van der Waals surface area contributed by atoms with Crippen LogP contribution in [0.3, 0.4) is 0 Å². The summed E-state index contributed by atoms with van der Waals surface area (Å²) in [6, 6.07) is 33.6. The summed E-state index contributed by atoms with van der Waals surface area (Å²) in [5.41, 5.74) is 7.87. The molecule has 2 aliphatic rings. The molecule has 2 heterocycles. The first-order valence-corrected chi connectivity index (χ1v) is 21.0. The molecule has 316 valence electrons. The lowest BCUT2D eigenvalue weighted by atomic mass is 9.88. The van der Waals surface area contributed by atoms with Crippen LogP contribution in [0, 0.1) is 0 Å². The van der Waals surface area contributed by atoms with Crippen molar-refractivity contribution in [2.45, 2.75) is 38.3 Å². The number of rotatable bonds is 23. The third kappa shape index (κ3) is 12.0. The molecule has 1 unspecified atom stereocenters. The largest absolute Gasteiger partial charge is 0.492 e. The zero-order valence-electron chi connectivity index (χ0n) is 34.0. The zero-order valence-corrected chi connectivity index (χ0v) is 34.8. The van der Waals surface area contributed by atoms with E-state index in [1.54, 1.807) is 18.0 Å². The van der Waals surface area contributed by atoms with Gasteiger partial charge in [0.15, 0.2) is 0 Å². The molecule has 12 nitrogen and oxygen atoms in total. The number of anilines is 1. The second kappa shape index (κ2) is 22.7. The van der Waals surface area contributed by atoms with E-state index in [0.29, 0.717) is 83.7 Å². The number of likely N-dealkylation sites (N-methyl/N-ethyl adjacent to an activating group) is 1. The van der Waals surface area contributed by atoms with Gasteiger partial charge in [-0.05, 0) is 64.9 Å². The first-order valence-electron chi connectivity index (χ1n) is 20.4. The van der Waals surface area contributed by atoms with Gasteiger partial charge in [0.05, 0.1) is 52.6 Å². The number of nitrogens with zero attached hydrogens (tertiary/aromatic N) is 2. The van der Waals surface area contributed by atoms with E-state index in [1.807, 2.05) is 60.7 Å². The molecule has 1 atom stereocenters. The summed E-state index contributed by atoms with van der Waals surface area (Å²) in [7, 11) is 1.76. The predicted molar refractivity (Wildman–Crippen MR) is 232 cm³/mol. The van der Waals surface area contributed by atoms with Crippen LogP contribution in [0.4, 0.5) is 5.69 Å². The van der Waals surface area contributed by atoms with E-state index < -0.39 is 11.9 Å². The molecule has 2 aliphatic heterocycles. The SMILES string of the molecule is CN(CCOc1ccc(C(=C(CCCl)c2ccccc2)c2ccccc2)cc1)C(=O)CCOCCOCCOCCNc1cccc2c1CN(C1CCC(=O)NC1=O)C2=O. The Bertz CT molecular complexity index is 2080. The van der Waals surface area contributed by atoms with Gasteiger partial charge in [0.2, 0.25) is 17.7 Å². The summed E-state index contributed by atoms with van der Waals surface area (Å²) < 4.78 is 22.9. The van der Waals surface area contributed by atoms with Gasteiger partial charge in [-0.15, -0.1) is 11.6 Å². The number of fused-ring (bicyclic) bond motifs is 1. The van der Waals surface area contributed by atoms with E-state index in [-0.39, 0.29) is 30.6 Å². The van der Waals surface area contributed by atoms with Crippen LogP contribution in [-0.4, -0.2) is 112 Å². The summed E-state index contributed by atoms with van der Waals surface area (Å²) in [5, 5.41) is 5.66. The average molecular weight is 837 g/mol. The van der Waals surface area contributed by atoms with E-state index in [4.69, 9.17) is 30.5 Å². The number of hydrogen-bond donors (Lipinski definition) is 2. The molecule has 4 aromatic rings. The molecule has 0 bridgehead atoms. The van der Waals surface area contributed by atoms with Gasteiger partial charge in [0.25, 0.3) is 5.91 Å². The Morgan fingerprint density at radius 2 is 1.42 bits per heavy atom. The van der Waals surface area contributed by atoms with Crippen molar-refractivity contribution in [3.8, 4) is 5.75 Å². The van der Waals surface area contributed by atoms with Gasteiger partial charge in [-0.25, -0.2) is 0 Å². The molecule has 1 saturated heterocycles. The lowest BCUT2D eigenvalue weighted by Crippen LogP contribution is -2.52. The number of carbonyl (C=O) groups excluding carboxylic acids is 4. The molecule has 6 rings (SSSR count). The van der Waals surface area contributed by atoms with E-state index in [9.17, 15) is 19.2 Å². The number of alkyl halides is 1. The van der Waals surface area contributed by atoms with Crippen LogP contribution in [0.25, 0.3) is 11.1 Å². The standard InChI is InChI=1S/C47H53ClN4O8/c1-51(25-28-60-37-17-15-36(16-18-37)45(35-11-6-3-7-12-35)38(21-23-48)34-9-4-2-5-10-34)44(54)22-26-57-29-31-59-32-30-58-27-24-49-41-14-8-13-39-40(41)33-52(47(39)56)42-19-20-43(53)50-46(42)55/h2-18,42,49H,19-33H2,1H3,(H,50,53,55). The minimum absolute atomic E-state index is 0.0269. The van der Waals surface area contributed by atoms with Gasteiger partial charge in [0.1, 0.15) is 18.4 Å². The number of benzene rings is 4. The van der Waals surface area contributed by atoms with Crippen molar-refractivity contribution in [3.63, 3.8) is 0 Å². The molecule has 0 saturated carbocycles. The molecule has 0 spiro atoms. The van der Waals surface area contributed by atoms with Crippen LogP contribution in [0.1, 0.15) is 58.3 Å². The summed E-state index contributed by atoms with van der Waals surface area (Å²) in [6.07, 6.45) is 1.53. The van der Waals surface area contributed by atoms with Gasteiger partial charge >= 0.3 is 0 Å². The normalized spacial score (nSPS) is 15.3. The number of imide groups is 1. The van der Waals surface area contributed by atoms with Crippen LogP contribution < -0.4 is 15.4 Å². The molecule has 4 amide bonds. The highest BCUT2D eigenvalue weighted by Gasteiger charge is 2.39. The summed E-state index contributed by atoms with van der Waals surface area (Å²) >= 11 is 6.30. The Hall–Kier alpha value is -5.53. The van der Waals surface area contributed by atoms with Crippen molar-refractivity contribution < 1.29 is 38.1 Å². The Morgan fingerprint density at radius 1 is 0.767 bits per heavy atom. The summed E-state index contributed by atoms with van der Waals surface area (Å²) in [6.45, 7) is 3.91. The molecular formula is C47H53ClN4O8. The maximum absolute atomic E-state index is 13.0. The maximum atomic E-state index is 13.0. The minimum Gasteiger partial charge on any atom is -0.492 e. The molecule has 4 aromatic carbocycles. The van der Waals surface area contributed by atoms with E-state index >= 15 is 0 Å². The molecule has 13 heteroatoms. The topological polar surface area (TPSA) is 136 Å². The number of piperidine rings is 1. The number of hydrogen-bond acceptors (Lipinski definition) is 9. The highest BCUT2D eigenvalue weighted by molar-refractivity contribution is 6.18. The number of amides is 4. The number of carbonyl (C=O) groups is 4. The van der Waals surface area contributed by atoms with Gasteiger partial charge in [-0.1, -0.05) is 78.9 Å². The lowest BCUT2D eigenvalue weighted by Gasteiger charge is -2.29. The van der Waals surface area contributed by atoms with E-state index in [2.05, 4.69) is 47.0 Å². The van der Waals surface area contributed by atoms with Crippen molar-refractivity contribution in [1.29, 1.82) is 0 Å². The average Bonchev–Trinajstić information content (AvgIpc) is 3.60. The van der Waals surface area contributed by atoms with Crippen LogP contribution in [0.5, 0.6) is 5.75 Å². The van der Waals surface area contributed by atoms with Crippen molar-refractivity contribution in [2.24, 2.45) is 0 Å². The van der Waals surface area contributed by atoms with Crippen molar-refractivity contribution >= 4 is 52.1 Å². The number of nitrogens with one attached hydrogen (secondary N) is 2. The Balaban J connectivity index is 0.818. The second-order valence-electron chi connectivity index (χ2n) is 14.5. The third-order valence-electron chi connectivity index (χ3n) is 10.4. The highest BCUT2D eigenvalue weighted by Crippen LogP contribution is 2.36. The Morgan fingerprint density at radius 3 is 2.10 bits per heavy atom.